The van der Waals surface area contributed by atoms with Crippen LogP contribution in [-0.4, -0.2) is 20.4 Å². The summed E-state index contributed by atoms with van der Waals surface area (Å²) >= 11 is 0. The van der Waals surface area contributed by atoms with Crippen LogP contribution >= 0.6 is 0 Å². The Morgan fingerprint density at radius 3 is 2.88 bits per heavy atom. The molecule has 0 aliphatic carbocycles. The molecule has 0 radical (unpaired) electrons. The summed E-state index contributed by atoms with van der Waals surface area (Å²) < 4.78 is 21.0. The highest BCUT2D eigenvalue weighted by atomic mass is 19.1. The van der Waals surface area contributed by atoms with E-state index in [1.54, 1.807) is 60.7 Å². The summed E-state index contributed by atoms with van der Waals surface area (Å²) in [6, 6.07) is 9.20. The van der Waals surface area contributed by atoms with E-state index < -0.39 is 11.9 Å². The number of imidazole rings is 1. The van der Waals surface area contributed by atoms with Crippen LogP contribution < -0.4 is 10.1 Å². The van der Waals surface area contributed by atoms with Crippen molar-refractivity contribution < 1.29 is 13.9 Å². The van der Waals surface area contributed by atoms with Gasteiger partial charge in [0.25, 0.3) is 0 Å². The maximum absolute atomic E-state index is 13.8. The molecule has 3 rings (SSSR count). The van der Waals surface area contributed by atoms with Crippen molar-refractivity contribution in [3.05, 3.63) is 72.7 Å². The Morgan fingerprint density at radius 2 is 2.12 bits per heavy atom. The number of rotatable bonds is 6. The molecule has 3 aromatic rings. The standard InChI is InChI=1S/C18H17FN4O2/c1-13(23-10-9-20-12-23)17(24)22-11-14-5-4-8-21-18(14)25-16-7-3-2-6-15(16)19/h2-10,12-13H,11H2,1H3,(H,22,24)/t13-/m0/s1. The van der Waals surface area contributed by atoms with E-state index in [1.807, 2.05) is 0 Å². The minimum Gasteiger partial charge on any atom is -0.436 e. The predicted octanol–water partition coefficient (Wildman–Crippen LogP) is 3.09. The first-order valence-corrected chi connectivity index (χ1v) is 7.76. The van der Waals surface area contributed by atoms with Gasteiger partial charge in [-0.1, -0.05) is 18.2 Å². The molecule has 2 aromatic heterocycles. The lowest BCUT2D eigenvalue weighted by Crippen LogP contribution is -2.30. The van der Waals surface area contributed by atoms with E-state index in [1.165, 1.54) is 12.1 Å². The molecular weight excluding hydrogens is 323 g/mol. The number of carbonyl (C=O) groups is 1. The molecule has 128 valence electrons. The van der Waals surface area contributed by atoms with Gasteiger partial charge in [0.2, 0.25) is 11.8 Å². The number of hydrogen-bond donors (Lipinski definition) is 1. The monoisotopic (exact) mass is 340 g/mol. The van der Waals surface area contributed by atoms with E-state index in [0.717, 1.165) is 0 Å². The van der Waals surface area contributed by atoms with Crippen molar-refractivity contribution in [2.75, 3.05) is 0 Å². The normalized spacial score (nSPS) is 11.8. The van der Waals surface area contributed by atoms with Crippen LogP contribution in [0.2, 0.25) is 0 Å². The molecule has 1 amide bonds. The Morgan fingerprint density at radius 1 is 1.28 bits per heavy atom. The highest BCUT2D eigenvalue weighted by molar-refractivity contribution is 5.79. The minimum absolute atomic E-state index is 0.0839. The molecule has 6 nitrogen and oxygen atoms in total. The van der Waals surface area contributed by atoms with Gasteiger partial charge in [0.1, 0.15) is 6.04 Å². The average Bonchev–Trinajstić information content (AvgIpc) is 3.16. The average molecular weight is 340 g/mol. The van der Waals surface area contributed by atoms with Crippen molar-refractivity contribution in [2.45, 2.75) is 19.5 Å². The summed E-state index contributed by atoms with van der Waals surface area (Å²) in [6.07, 6.45) is 6.48. The number of carbonyl (C=O) groups excluding carboxylic acids is 1. The lowest BCUT2D eigenvalue weighted by molar-refractivity contribution is -0.124. The lowest BCUT2D eigenvalue weighted by atomic mass is 10.2. The zero-order valence-electron chi connectivity index (χ0n) is 13.6. The summed E-state index contributed by atoms with van der Waals surface area (Å²) in [7, 11) is 0. The third kappa shape index (κ3) is 4.00. The molecule has 0 saturated heterocycles. The molecule has 0 saturated carbocycles. The first kappa shape index (κ1) is 16.6. The van der Waals surface area contributed by atoms with E-state index in [-0.39, 0.29) is 24.1 Å². The van der Waals surface area contributed by atoms with Gasteiger partial charge in [-0.2, -0.15) is 0 Å². The smallest absolute Gasteiger partial charge is 0.243 e. The zero-order chi connectivity index (χ0) is 17.6. The number of pyridine rings is 1. The molecule has 0 aliphatic heterocycles. The summed E-state index contributed by atoms with van der Waals surface area (Å²) in [6.45, 7) is 1.99. The van der Waals surface area contributed by atoms with Crippen LogP contribution in [-0.2, 0) is 11.3 Å². The molecule has 0 bridgehead atoms. The van der Waals surface area contributed by atoms with Crippen LogP contribution in [0.3, 0.4) is 0 Å². The molecule has 0 aliphatic rings. The second kappa shape index (κ2) is 7.57. The molecular formula is C18H17FN4O2. The van der Waals surface area contributed by atoms with Crippen LogP contribution in [0.5, 0.6) is 11.6 Å². The highest BCUT2D eigenvalue weighted by Crippen LogP contribution is 2.25. The second-order valence-corrected chi connectivity index (χ2v) is 5.40. The fourth-order valence-corrected chi connectivity index (χ4v) is 2.25. The topological polar surface area (TPSA) is 69.0 Å². The van der Waals surface area contributed by atoms with Crippen LogP contribution in [0.4, 0.5) is 4.39 Å². The summed E-state index contributed by atoms with van der Waals surface area (Å²) in [5, 5.41) is 2.83. The van der Waals surface area contributed by atoms with Crippen LogP contribution in [0.15, 0.2) is 61.3 Å². The fourth-order valence-electron chi connectivity index (χ4n) is 2.25. The van der Waals surface area contributed by atoms with E-state index in [0.29, 0.717) is 5.56 Å². The summed E-state index contributed by atoms with van der Waals surface area (Å²) in [4.78, 5) is 20.3. The second-order valence-electron chi connectivity index (χ2n) is 5.40. The Hall–Kier alpha value is -3.22. The van der Waals surface area contributed by atoms with E-state index in [4.69, 9.17) is 4.74 Å². The largest absolute Gasteiger partial charge is 0.436 e. The van der Waals surface area contributed by atoms with Crippen LogP contribution in [0, 0.1) is 5.82 Å². The quantitative estimate of drug-likeness (QED) is 0.749. The number of halogens is 1. The van der Waals surface area contributed by atoms with Gasteiger partial charge in [0.15, 0.2) is 11.6 Å². The maximum atomic E-state index is 13.8. The first-order chi connectivity index (χ1) is 12.1. The van der Waals surface area contributed by atoms with Gasteiger partial charge in [0.05, 0.1) is 6.33 Å². The first-order valence-electron chi connectivity index (χ1n) is 7.76. The molecule has 0 unspecified atom stereocenters. The number of aromatic nitrogens is 3. The number of benzene rings is 1. The van der Waals surface area contributed by atoms with Gasteiger partial charge in [-0.05, 0) is 25.1 Å². The molecule has 7 heteroatoms. The van der Waals surface area contributed by atoms with Crippen molar-refractivity contribution >= 4 is 5.91 Å². The van der Waals surface area contributed by atoms with E-state index >= 15 is 0 Å². The number of nitrogens with zero attached hydrogens (tertiary/aromatic N) is 3. The number of para-hydroxylation sites is 1. The maximum Gasteiger partial charge on any atom is 0.243 e. The van der Waals surface area contributed by atoms with E-state index in [9.17, 15) is 9.18 Å². The number of ether oxygens (including phenoxy) is 1. The Bertz CT molecular complexity index is 852. The fraction of sp³-hybridized carbons (Fsp3) is 0.167. The zero-order valence-corrected chi connectivity index (χ0v) is 13.6. The van der Waals surface area contributed by atoms with Gasteiger partial charge in [-0.3, -0.25) is 4.79 Å². The molecule has 1 atom stereocenters. The number of nitrogens with one attached hydrogen (secondary N) is 1. The van der Waals surface area contributed by atoms with Crippen LogP contribution in [0.25, 0.3) is 0 Å². The number of hydrogen-bond acceptors (Lipinski definition) is 4. The highest BCUT2D eigenvalue weighted by Gasteiger charge is 2.15. The summed E-state index contributed by atoms with van der Waals surface area (Å²) in [5.74, 6) is -0.306. The molecule has 0 spiro atoms. The SMILES string of the molecule is C[C@@H](C(=O)NCc1cccnc1Oc1ccccc1F)n1ccnc1. The van der Waals surface area contributed by atoms with Gasteiger partial charge >= 0.3 is 0 Å². The van der Waals surface area contributed by atoms with Crippen molar-refractivity contribution in [3.63, 3.8) is 0 Å². The van der Waals surface area contributed by atoms with Gasteiger partial charge < -0.3 is 14.6 Å². The molecule has 1 N–H and O–H groups in total. The third-order valence-electron chi connectivity index (χ3n) is 3.70. The van der Waals surface area contributed by atoms with Crippen molar-refractivity contribution in [1.82, 2.24) is 19.9 Å². The number of amides is 1. The third-order valence-corrected chi connectivity index (χ3v) is 3.70. The van der Waals surface area contributed by atoms with Gasteiger partial charge in [0, 0.05) is 30.7 Å². The lowest BCUT2D eigenvalue weighted by Gasteiger charge is -2.15. The molecule has 1 aromatic carbocycles. The van der Waals surface area contributed by atoms with E-state index in [2.05, 4.69) is 15.3 Å². The molecule has 0 fully saturated rings. The van der Waals surface area contributed by atoms with Crippen molar-refractivity contribution in [1.29, 1.82) is 0 Å². The van der Waals surface area contributed by atoms with Crippen molar-refractivity contribution in [2.24, 2.45) is 0 Å². The molecule has 2 heterocycles. The predicted molar refractivity (Wildman–Crippen MR) is 89.5 cm³/mol. The van der Waals surface area contributed by atoms with Gasteiger partial charge in [-0.25, -0.2) is 14.4 Å². The summed E-state index contributed by atoms with van der Waals surface area (Å²) in [5.41, 5.74) is 0.650. The minimum atomic E-state index is -0.475. The molecule has 25 heavy (non-hydrogen) atoms. The van der Waals surface area contributed by atoms with Crippen LogP contribution in [0.1, 0.15) is 18.5 Å². The van der Waals surface area contributed by atoms with Gasteiger partial charge in [-0.15, -0.1) is 0 Å². The van der Waals surface area contributed by atoms with Crippen molar-refractivity contribution in [3.8, 4) is 11.6 Å². The Labute approximate surface area is 144 Å². The Kier molecular flexibility index (Phi) is 5.03. The Balaban J connectivity index is 1.69.